The molecule has 1 aliphatic rings. The van der Waals surface area contributed by atoms with Crippen molar-refractivity contribution in [1.29, 1.82) is 0 Å². The molecule has 1 aliphatic heterocycles. The Labute approximate surface area is 129 Å². The molecule has 0 atom stereocenters. The van der Waals surface area contributed by atoms with E-state index in [1.165, 1.54) is 0 Å². The summed E-state index contributed by atoms with van der Waals surface area (Å²) in [6.45, 7) is 3.28. The zero-order valence-corrected chi connectivity index (χ0v) is 12.4. The quantitative estimate of drug-likeness (QED) is 0.769. The van der Waals surface area contributed by atoms with Gasteiger partial charge in [-0.3, -0.25) is 0 Å². The van der Waals surface area contributed by atoms with Crippen molar-refractivity contribution in [3.8, 4) is 5.75 Å². The van der Waals surface area contributed by atoms with Crippen molar-refractivity contribution >= 4 is 16.7 Å². The largest absolute Gasteiger partial charge is 0.506 e. The summed E-state index contributed by atoms with van der Waals surface area (Å²) in [6.07, 6.45) is 0. The molecule has 1 aromatic heterocycles. The third-order valence-corrected chi connectivity index (χ3v) is 4.16. The van der Waals surface area contributed by atoms with Crippen molar-refractivity contribution in [1.82, 2.24) is 4.57 Å². The van der Waals surface area contributed by atoms with Gasteiger partial charge in [0.1, 0.15) is 18.1 Å². The summed E-state index contributed by atoms with van der Waals surface area (Å²) in [6, 6.07) is 18.2. The summed E-state index contributed by atoms with van der Waals surface area (Å²) in [7, 11) is 0. The molecule has 1 N–H and O–H groups in total. The number of rotatable bonds is 3. The van der Waals surface area contributed by atoms with Gasteiger partial charge in [-0.15, -0.1) is 0 Å². The monoisotopic (exact) mass is 291 g/mol. The molecule has 2 aromatic carbocycles. The van der Waals surface area contributed by atoms with Gasteiger partial charge in [-0.1, -0.05) is 30.3 Å². The van der Waals surface area contributed by atoms with Crippen LogP contribution < -0.4 is 4.74 Å². The van der Waals surface area contributed by atoms with E-state index in [1.54, 1.807) is 0 Å². The topological polar surface area (TPSA) is 34.4 Å². The molecular formula is C19H17NO2. The molecule has 3 aromatic rings. The first-order valence-electron chi connectivity index (χ1n) is 7.41. The van der Waals surface area contributed by atoms with Gasteiger partial charge in [-0.25, -0.2) is 0 Å². The Kier molecular flexibility index (Phi) is 2.93. The molecule has 110 valence electrons. The fourth-order valence-corrected chi connectivity index (χ4v) is 2.98. The molecule has 0 unspecified atom stereocenters. The molecule has 2 heterocycles. The van der Waals surface area contributed by atoms with Crippen LogP contribution in [-0.4, -0.2) is 9.67 Å². The minimum absolute atomic E-state index is 0.406. The molecule has 3 nitrogen and oxygen atoms in total. The number of fused-ring (bicyclic) bond motifs is 3. The number of hydrogen-bond acceptors (Lipinski definition) is 2. The number of hydrogen-bond donors (Lipinski definition) is 1. The molecule has 0 aliphatic carbocycles. The maximum absolute atomic E-state index is 10.1. The van der Waals surface area contributed by atoms with Crippen LogP contribution in [0.25, 0.3) is 16.7 Å². The van der Waals surface area contributed by atoms with Crippen molar-refractivity contribution in [3.63, 3.8) is 0 Å². The Bertz CT molecular complexity index is 875. The van der Waals surface area contributed by atoms with Crippen LogP contribution in [0, 0.1) is 0 Å². The molecule has 0 spiro atoms. The number of aliphatic hydroxyl groups is 1. The van der Waals surface area contributed by atoms with E-state index in [-0.39, 0.29) is 0 Å². The highest BCUT2D eigenvalue weighted by atomic mass is 16.5. The van der Waals surface area contributed by atoms with E-state index < -0.39 is 0 Å². The van der Waals surface area contributed by atoms with Gasteiger partial charge in [0, 0.05) is 17.4 Å². The van der Waals surface area contributed by atoms with Crippen molar-refractivity contribution in [2.75, 3.05) is 0 Å². The zero-order valence-electron chi connectivity index (χ0n) is 12.4. The second-order valence-electron chi connectivity index (χ2n) is 5.74. The standard InChI is InChI=1S/C19H17NO2/c1-13-11-20-17-8-7-16(9-15(17)10-18(20)19(13)21)22-12-14-5-3-2-4-6-14/h2-10,21H,11-12H2,1H3. The molecular weight excluding hydrogens is 274 g/mol. The van der Waals surface area contributed by atoms with Gasteiger partial charge in [0.15, 0.2) is 0 Å². The SMILES string of the molecule is CC1=C(O)c2cc3cc(OCc4ccccc4)ccc3n2C1. The zero-order chi connectivity index (χ0) is 15.1. The Morgan fingerprint density at radius 2 is 1.91 bits per heavy atom. The highest BCUT2D eigenvalue weighted by Gasteiger charge is 2.20. The number of allylic oxidation sites excluding steroid dienone is 1. The highest BCUT2D eigenvalue weighted by Crippen LogP contribution is 2.33. The van der Waals surface area contributed by atoms with Gasteiger partial charge in [-0.05, 0) is 42.3 Å². The second-order valence-corrected chi connectivity index (χ2v) is 5.74. The first-order valence-corrected chi connectivity index (χ1v) is 7.41. The average molecular weight is 291 g/mol. The first-order chi connectivity index (χ1) is 10.7. The third kappa shape index (κ3) is 2.06. The fraction of sp³-hybridized carbons (Fsp3) is 0.158. The van der Waals surface area contributed by atoms with E-state index in [9.17, 15) is 5.11 Å². The Balaban J connectivity index is 1.62. The first kappa shape index (κ1) is 13.0. The normalized spacial score (nSPS) is 13.7. The Morgan fingerprint density at radius 3 is 2.73 bits per heavy atom. The molecule has 0 fully saturated rings. The minimum Gasteiger partial charge on any atom is -0.506 e. The summed E-state index contributed by atoms with van der Waals surface area (Å²) in [5, 5.41) is 11.2. The maximum atomic E-state index is 10.1. The molecule has 0 saturated heterocycles. The van der Waals surface area contributed by atoms with Gasteiger partial charge >= 0.3 is 0 Å². The summed E-state index contributed by atoms with van der Waals surface area (Å²) >= 11 is 0. The van der Waals surface area contributed by atoms with Crippen LogP contribution in [0.3, 0.4) is 0 Å². The van der Waals surface area contributed by atoms with E-state index in [0.29, 0.717) is 12.4 Å². The van der Waals surface area contributed by atoms with Crippen LogP contribution >= 0.6 is 0 Å². The van der Waals surface area contributed by atoms with E-state index >= 15 is 0 Å². The van der Waals surface area contributed by atoms with Crippen LogP contribution in [0.2, 0.25) is 0 Å². The van der Waals surface area contributed by atoms with Crippen molar-refractivity contribution in [2.24, 2.45) is 0 Å². The average Bonchev–Trinajstić information content (AvgIpc) is 3.03. The van der Waals surface area contributed by atoms with Crippen molar-refractivity contribution in [3.05, 3.63) is 71.4 Å². The number of aromatic nitrogens is 1. The highest BCUT2D eigenvalue weighted by molar-refractivity contribution is 5.87. The molecule has 0 bridgehead atoms. The third-order valence-electron chi connectivity index (χ3n) is 4.16. The predicted molar refractivity (Wildman–Crippen MR) is 87.9 cm³/mol. The van der Waals surface area contributed by atoms with Crippen LogP contribution in [0.15, 0.2) is 60.2 Å². The molecule has 22 heavy (non-hydrogen) atoms. The Morgan fingerprint density at radius 1 is 1.09 bits per heavy atom. The Hall–Kier alpha value is -2.68. The van der Waals surface area contributed by atoms with Crippen LogP contribution in [0.4, 0.5) is 0 Å². The van der Waals surface area contributed by atoms with Gasteiger partial charge < -0.3 is 14.4 Å². The van der Waals surface area contributed by atoms with Crippen LogP contribution in [0.1, 0.15) is 18.2 Å². The second kappa shape index (κ2) is 4.95. The lowest BCUT2D eigenvalue weighted by atomic mass is 10.2. The van der Waals surface area contributed by atoms with Gasteiger partial charge in [0.05, 0.1) is 5.69 Å². The summed E-state index contributed by atoms with van der Waals surface area (Å²) < 4.78 is 8.00. The summed E-state index contributed by atoms with van der Waals surface area (Å²) in [5.74, 6) is 1.25. The molecule has 3 heteroatoms. The predicted octanol–water partition coefficient (Wildman–Crippen LogP) is 4.52. The van der Waals surface area contributed by atoms with Gasteiger partial charge in [0.2, 0.25) is 0 Å². The smallest absolute Gasteiger partial charge is 0.139 e. The minimum atomic E-state index is 0.406. The lowest BCUT2D eigenvalue weighted by molar-refractivity contribution is 0.306. The number of aliphatic hydroxyl groups excluding tert-OH is 1. The van der Waals surface area contributed by atoms with E-state index in [4.69, 9.17) is 4.74 Å². The van der Waals surface area contributed by atoms with Crippen LogP contribution in [-0.2, 0) is 13.2 Å². The van der Waals surface area contributed by atoms with Crippen LogP contribution in [0.5, 0.6) is 5.75 Å². The molecule has 0 radical (unpaired) electrons. The van der Waals surface area contributed by atoms with E-state index in [1.807, 2.05) is 43.3 Å². The molecule has 0 saturated carbocycles. The van der Waals surface area contributed by atoms with Gasteiger partial charge in [-0.2, -0.15) is 0 Å². The van der Waals surface area contributed by atoms with Gasteiger partial charge in [0.25, 0.3) is 0 Å². The maximum Gasteiger partial charge on any atom is 0.139 e. The lowest BCUT2D eigenvalue weighted by Crippen LogP contribution is -1.96. The fourth-order valence-electron chi connectivity index (χ4n) is 2.98. The van der Waals surface area contributed by atoms with E-state index in [0.717, 1.165) is 40.0 Å². The number of ether oxygens (including phenoxy) is 1. The number of nitrogens with zero attached hydrogens (tertiary/aromatic N) is 1. The van der Waals surface area contributed by atoms with Crippen molar-refractivity contribution < 1.29 is 9.84 Å². The summed E-state index contributed by atoms with van der Waals surface area (Å²) in [4.78, 5) is 0. The van der Waals surface area contributed by atoms with E-state index in [2.05, 4.69) is 22.8 Å². The van der Waals surface area contributed by atoms with Crippen molar-refractivity contribution in [2.45, 2.75) is 20.1 Å². The molecule has 4 rings (SSSR count). The molecule has 0 amide bonds. The summed E-state index contributed by atoms with van der Waals surface area (Å²) in [5.41, 5.74) is 4.19. The number of benzene rings is 2. The lowest BCUT2D eigenvalue weighted by Gasteiger charge is -2.07.